The molecular formula is C83H104N16O10. The van der Waals surface area contributed by atoms with Gasteiger partial charge in [-0.3, -0.25) is 29.0 Å². The Kier molecular flexibility index (Phi) is 21.7. The zero-order chi connectivity index (χ0) is 75.8. The number of fused-ring (bicyclic) bond motifs is 9. The minimum Gasteiger partial charge on any atom is -0.497 e. The molecule has 0 bridgehead atoms. The molecule has 8 aliphatic rings. The molecular weight excluding hydrogens is 1380 g/mol. The highest BCUT2D eigenvalue weighted by Gasteiger charge is 2.50. The molecule has 9 aromatic rings. The first-order valence-corrected chi connectivity index (χ1v) is 39.4. The van der Waals surface area contributed by atoms with E-state index in [1.807, 2.05) is 42.3 Å². The van der Waals surface area contributed by atoms with Crippen LogP contribution < -0.4 is 40.9 Å². The van der Waals surface area contributed by atoms with Crippen LogP contribution in [0.1, 0.15) is 162 Å². The lowest BCUT2D eigenvalue weighted by Crippen LogP contribution is -2.60. The van der Waals surface area contributed by atoms with E-state index in [-0.39, 0.29) is 65.7 Å². The third-order valence-corrected chi connectivity index (χ3v) is 24.3. The fraction of sp³-hybridized carbons (Fsp3) is 0.518. The Labute approximate surface area is 635 Å². The van der Waals surface area contributed by atoms with Crippen LogP contribution in [0.2, 0.25) is 0 Å². The van der Waals surface area contributed by atoms with Gasteiger partial charge in [-0.1, -0.05) is 24.6 Å². The van der Waals surface area contributed by atoms with Crippen molar-refractivity contribution in [3.05, 3.63) is 153 Å². The molecule has 4 aromatic carbocycles. The van der Waals surface area contributed by atoms with E-state index < -0.39 is 0 Å². The van der Waals surface area contributed by atoms with Gasteiger partial charge in [-0.15, -0.1) is 0 Å². The highest BCUT2D eigenvalue weighted by molar-refractivity contribution is 5.98. The number of aromatic nitrogens is 9. The van der Waals surface area contributed by atoms with Crippen molar-refractivity contribution >= 4 is 80.3 Å². The van der Waals surface area contributed by atoms with Crippen LogP contribution in [0.3, 0.4) is 0 Å². The summed E-state index contributed by atoms with van der Waals surface area (Å²) in [6.45, 7) is 14.9. The van der Waals surface area contributed by atoms with Crippen molar-refractivity contribution in [2.45, 2.75) is 193 Å². The second-order valence-corrected chi connectivity index (χ2v) is 31.3. The molecule has 0 radical (unpaired) electrons. The third kappa shape index (κ3) is 15.0. The number of methoxy groups -OCH3 is 4. The maximum Gasteiger partial charge on any atom is 0.414 e. The number of ether oxygens (including phenoxy) is 4. The van der Waals surface area contributed by atoms with Crippen LogP contribution in [-0.2, 0) is 77.0 Å². The molecule has 109 heavy (non-hydrogen) atoms. The predicted molar refractivity (Wildman–Crippen MR) is 418 cm³/mol. The highest BCUT2D eigenvalue weighted by atomic mass is 16.6. The lowest BCUT2D eigenvalue weighted by Gasteiger charge is -2.55. The number of benzene rings is 4. The molecule has 26 heteroatoms. The Bertz CT molecular complexity index is 4940. The van der Waals surface area contributed by atoms with Crippen molar-refractivity contribution in [1.82, 2.24) is 63.9 Å². The SMILES string of the molecule is COC(=O)N1c2ccc3c(nc(CCc4cccc(OC)c4)n3C3CC4(CNC4)C3)c2CC[C@@H]1C.COC(=O)N1c2ccc3c(nc(CCn4ccccc4=O)n3CCNCCN3CCNC3=O)c2CC[C@@H]1C.COC(=O)N1c2ccc3c(nc(Cc4cnn(C5CC5)c4)n3[C@@H]3CCC[C@@H](C(C)=O)C3)c2CC[C@@H]1C. The van der Waals surface area contributed by atoms with Crippen molar-refractivity contribution in [2.75, 3.05) is 89.0 Å². The number of nitrogens with zero attached hydrogens (tertiary/aromatic N) is 13. The molecule has 3 N–H and O–H groups in total. The standard InChI is InChI=1S/C28H35N5O3.C28H34N4O3.C27H35N7O4/c1-17-7-10-23-24(32(17)28(35)36-3)11-12-25-27(23)30-26(13-19-15-29-31(16-19)21-8-9-21)33(25)22-6-4-5-20(14-22)18(2)34;1-18-7-9-22-23(31(18)27(33)35-3)10-11-24-26(22)30-25(12-8-19-5-4-6-21(13-19)34-2)32(24)20-14-28(15-20)16-29-17-28;1-19-6-7-20-21(34(19)27(37)38-2)8-9-22-25(20)30-23(10-15-31-14-4-3-5-24(31)35)33(22)18-12-28-11-16-32-17-13-29-26(32)36/h11-12,15-17,20-22H,4-10,13-14H2,1-3H3;4-6,10-11,13,18,20,29H,7-9,12,14-17H2,1-3H3;3-5,8-9,14,19,28H,6-7,10-13,15-18H2,1-2H3,(H,29,36)/t17-,20+,22+;18-;19-/m000/s1. The number of urea groups is 1. The molecule has 2 saturated heterocycles. The van der Waals surface area contributed by atoms with E-state index in [0.29, 0.717) is 69.6 Å². The average molecular weight is 1490 g/mol. The molecule has 5 aliphatic heterocycles. The summed E-state index contributed by atoms with van der Waals surface area (Å²) in [5, 5.41) is 14.3. The maximum absolute atomic E-state index is 12.6. The number of hydrogen-bond acceptors (Lipinski definition) is 16. The number of carbonyl (C=O) groups is 5. The van der Waals surface area contributed by atoms with Gasteiger partial charge in [0.25, 0.3) is 5.56 Å². The van der Waals surface area contributed by atoms with E-state index in [9.17, 15) is 28.8 Å². The number of rotatable bonds is 19. The summed E-state index contributed by atoms with van der Waals surface area (Å²) in [7, 11) is 6.01. The van der Waals surface area contributed by atoms with Crippen molar-refractivity contribution in [2.24, 2.45) is 11.3 Å². The lowest BCUT2D eigenvalue weighted by atomic mass is 9.61. The number of anilines is 3. The van der Waals surface area contributed by atoms with Crippen molar-refractivity contribution in [3.63, 3.8) is 0 Å². The first kappa shape index (κ1) is 74.4. The molecule has 5 amide bonds. The Morgan fingerprint density at radius 2 is 1.19 bits per heavy atom. The van der Waals surface area contributed by atoms with E-state index in [1.165, 1.54) is 63.7 Å². The normalized spacial score (nSPS) is 20.6. The molecule has 5 aromatic heterocycles. The number of nitrogens with one attached hydrogen (secondary N) is 3. The van der Waals surface area contributed by atoms with Crippen LogP contribution in [0.5, 0.6) is 5.75 Å². The second kappa shape index (κ2) is 31.9. The number of pyridine rings is 1. The van der Waals surface area contributed by atoms with Gasteiger partial charge in [-0.25, -0.2) is 34.1 Å². The van der Waals surface area contributed by atoms with E-state index in [2.05, 4.69) is 102 Å². The molecule has 10 heterocycles. The van der Waals surface area contributed by atoms with Crippen LogP contribution in [0.15, 0.2) is 102 Å². The summed E-state index contributed by atoms with van der Waals surface area (Å²) < 4.78 is 31.6. The summed E-state index contributed by atoms with van der Waals surface area (Å²) in [6, 6.07) is 27.4. The van der Waals surface area contributed by atoms with Gasteiger partial charge in [-0.05, 0) is 189 Å². The number of imidazole rings is 3. The highest BCUT2D eigenvalue weighted by Crippen LogP contribution is 2.53. The molecule has 3 saturated carbocycles. The van der Waals surface area contributed by atoms with Crippen LogP contribution in [0.25, 0.3) is 33.1 Å². The fourth-order valence-electron chi connectivity index (χ4n) is 18.1. The van der Waals surface area contributed by atoms with Crippen molar-refractivity contribution in [3.8, 4) is 5.75 Å². The fourth-order valence-corrected chi connectivity index (χ4v) is 18.1. The molecule has 17 rings (SSSR count). The molecule has 5 atom stereocenters. The minimum atomic E-state index is -0.364. The number of hydrogen-bond donors (Lipinski definition) is 3. The van der Waals surface area contributed by atoms with Gasteiger partial charge in [0.1, 0.15) is 29.0 Å². The quantitative estimate of drug-likeness (QED) is 0.0502. The Hall–Kier alpha value is -10.1. The minimum absolute atomic E-state index is 0.00839. The van der Waals surface area contributed by atoms with Crippen LogP contribution >= 0.6 is 0 Å². The van der Waals surface area contributed by atoms with Gasteiger partial charge < -0.3 is 58.1 Å². The molecule has 1 spiro atoms. The van der Waals surface area contributed by atoms with E-state index in [0.717, 1.165) is 181 Å². The van der Waals surface area contributed by atoms with Crippen molar-refractivity contribution in [1.29, 1.82) is 0 Å². The van der Waals surface area contributed by atoms with Gasteiger partial charge in [0.2, 0.25) is 0 Å². The van der Waals surface area contributed by atoms with Crippen molar-refractivity contribution < 1.29 is 42.9 Å². The Morgan fingerprint density at radius 3 is 1.76 bits per heavy atom. The number of ketones is 1. The molecule has 3 aliphatic carbocycles. The first-order valence-electron chi connectivity index (χ1n) is 39.4. The topological polar surface area (TPSA) is 265 Å². The predicted octanol–water partition coefficient (Wildman–Crippen LogP) is 12.0. The first-order chi connectivity index (χ1) is 52.9. The zero-order valence-electron chi connectivity index (χ0n) is 64.3. The summed E-state index contributed by atoms with van der Waals surface area (Å²) in [5.41, 5.74) is 15.1. The Balaban J connectivity index is 0.000000130. The number of amides is 5. The van der Waals surface area contributed by atoms with E-state index >= 15 is 0 Å². The van der Waals surface area contributed by atoms with Gasteiger partial charge in [0, 0.05) is 149 Å². The number of carbonyl (C=O) groups excluding carboxylic acids is 5. The van der Waals surface area contributed by atoms with Gasteiger partial charge in [-0.2, -0.15) is 5.10 Å². The average Bonchev–Trinajstić information content (AvgIpc) is 1.64. The van der Waals surface area contributed by atoms with E-state index in [1.54, 1.807) is 51.6 Å². The zero-order valence-corrected chi connectivity index (χ0v) is 64.3. The summed E-state index contributed by atoms with van der Waals surface area (Å²) in [4.78, 5) is 96.8. The third-order valence-electron chi connectivity index (χ3n) is 24.3. The van der Waals surface area contributed by atoms with E-state index in [4.69, 9.17) is 33.9 Å². The van der Waals surface area contributed by atoms with Crippen LogP contribution in [-0.4, -0.2) is 170 Å². The Morgan fingerprint density at radius 1 is 0.596 bits per heavy atom. The largest absolute Gasteiger partial charge is 0.497 e. The van der Waals surface area contributed by atoms with Gasteiger partial charge >= 0.3 is 24.3 Å². The second-order valence-electron chi connectivity index (χ2n) is 31.3. The van der Waals surface area contributed by atoms with Crippen LogP contribution in [0.4, 0.5) is 36.2 Å². The molecule has 576 valence electrons. The number of Topliss-reactive ketones (excluding diaryl/α,β-unsaturated/α-hetero) is 1. The van der Waals surface area contributed by atoms with Crippen LogP contribution in [0, 0.1) is 11.3 Å². The summed E-state index contributed by atoms with van der Waals surface area (Å²) >= 11 is 0. The molecule has 26 nitrogen and oxygen atoms in total. The molecule has 0 unspecified atom stereocenters. The summed E-state index contributed by atoms with van der Waals surface area (Å²) in [5.74, 6) is 4.35. The monoisotopic (exact) mass is 1480 g/mol. The lowest BCUT2D eigenvalue weighted by molar-refractivity contribution is -0.122. The van der Waals surface area contributed by atoms with Gasteiger partial charge in [0.15, 0.2) is 0 Å². The number of aryl methyl sites for hydroxylation is 7. The maximum atomic E-state index is 12.6. The molecule has 5 fully saturated rings. The summed E-state index contributed by atoms with van der Waals surface area (Å²) in [6.07, 6.45) is 22.0. The smallest absolute Gasteiger partial charge is 0.414 e. The van der Waals surface area contributed by atoms with Gasteiger partial charge in [0.05, 0.1) is 90.8 Å².